The fourth-order valence-corrected chi connectivity index (χ4v) is 2.82. The van der Waals surface area contributed by atoms with Gasteiger partial charge in [-0.15, -0.1) is 0 Å². The van der Waals surface area contributed by atoms with E-state index in [9.17, 15) is 0 Å². The van der Waals surface area contributed by atoms with E-state index in [1.807, 2.05) is 29.1 Å². The van der Waals surface area contributed by atoms with Gasteiger partial charge >= 0.3 is 0 Å². The molecule has 1 saturated carbocycles. The van der Waals surface area contributed by atoms with Gasteiger partial charge in [0.1, 0.15) is 0 Å². The summed E-state index contributed by atoms with van der Waals surface area (Å²) in [4.78, 5) is 0. The summed E-state index contributed by atoms with van der Waals surface area (Å²) in [5, 5.41) is 8.29. The number of hydrogen-bond acceptors (Lipinski definition) is 2. The summed E-state index contributed by atoms with van der Waals surface area (Å²) in [5.41, 5.74) is 2.54. The molecule has 100 valence electrons. The fourth-order valence-electron chi connectivity index (χ4n) is 2.82. The number of rotatable bonds is 4. The van der Waals surface area contributed by atoms with Crippen molar-refractivity contribution in [3.05, 3.63) is 48.3 Å². The maximum atomic E-state index is 4.63. The van der Waals surface area contributed by atoms with E-state index in [1.54, 1.807) is 0 Å². The van der Waals surface area contributed by atoms with Crippen molar-refractivity contribution in [2.45, 2.75) is 44.7 Å². The zero-order valence-electron chi connectivity index (χ0n) is 11.5. The Labute approximate surface area is 114 Å². The molecule has 0 atom stereocenters. The summed E-state index contributed by atoms with van der Waals surface area (Å²) in [6, 6.07) is 12.3. The Morgan fingerprint density at radius 3 is 2.63 bits per heavy atom. The summed E-state index contributed by atoms with van der Waals surface area (Å²) < 4.78 is 1.94. The average Bonchev–Trinajstić information content (AvgIpc) is 3.07. The molecule has 3 heteroatoms. The molecule has 3 nitrogen and oxygen atoms in total. The Balaban J connectivity index is 1.65. The van der Waals surface area contributed by atoms with Crippen molar-refractivity contribution in [2.24, 2.45) is 0 Å². The topological polar surface area (TPSA) is 29.9 Å². The normalized spacial score (nSPS) is 17.7. The summed E-state index contributed by atoms with van der Waals surface area (Å²) >= 11 is 0. The molecule has 0 spiro atoms. The number of nitrogens with zero attached hydrogens (tertiary/aromatic N) is 2. The van der Waals surface area contributed by atoms with Crippen molar-refractivity contribution in [3.8, 4) is 5.69 Å². The molecule has 0 saturated heterocycles. The lowest BCUT2D eigenvalue weighted by Crippen LogP contribution is -2.38. The number of hydrogen-bond donors (Lipinski definition) is 1. The second-order valence-corrected chi connectivity index (χ2v) is 5.71. The molecule has 0 bridgehead atoms. The minimum atomic E-state index is 0.316. The van der Waals surface area contributed by atoms with Crippen LogP contribution in [0.5, 0.6) is 0 Å². The minimum Gasteiger partial charge on any atom is -0.306 e. The third kappa shape index (κ3) is 2.87. The van der Waals surface area contributed by atoms with Crippen LogP contribution in [-0.2, 0) is 6.54 Å². The van der Waals surface area contributed by atoms with E-state index >= 15 is 0 Å². The Kier molecular flexibility index (Phi) is 3.38. The van der Waals surface area contributed by atoms with Crippen molar-refractivity contribution < 1.29 is 0 Å². The molecule has 19 heavy (non-hydrogen) atoms. The van der Waals surface area contributed by atoms with Crippen molar-refractivity contribution >= 4 is 0 Å². The number of nitrogens with one attached hydrogen (secondary N) is 1. The molecule has 0 unspecified atom stereocenters. The van der Waals surface area contributed by atoms with E-state index in [4.69, 9.17) is 0 Å². The third-order valence-electron chi connectivity index (χ3n) is 4.07. The highest BCUT2D eigenvalue weighted by Gasteiger charge is 2.27. The van der Waals surface area contributed by atoms with Crippen LogP contribution in [0.1, 0.15) is 38.3 Å². The minimum absolute atomic E-state index is 0.316. The van der Waals surface area contributed by atoms with Crippen LogP contribution in [0.3, 0.4) is 0 Å². The third-order valence-corrected chi connectivity index (χ3v) is 4.07. The van der Waals surface area contributed by atoms with Gasteiger partial charge in [0, 0.05) is 18.3 Å². The highest BCUT2D eigenvalue weighted by atomic mass is 15.3. The highest BCUT2D eigenvalue weighted by molar-refractivity contribution is 5.30. The molecule has 1 N–H and O–H groups in total. The molecule has 1 fully saturated rings. The SMILES string of the molecule is CC1(NCc2ccn(-c3ccccc3)n2)CCCC1. The predicted octanol–water partition coefficient (Wildman–Crippen LogP) is 3.29. The molecule has 0 amide bonds. The van der Waals surface area contributed by atoms with Crippen LogP contribution >= 0.6 is 0 Å². The number of aromatic nitrogens is 2. The second kappa shape index (κ2) is 5.17. The lowest BCUT2D eigenvalue weighted by Gasteiger charge is -2.24. The Hall–Kier alpha value is -1.61. The summed E-state index contributed by atoms with van der Waals surface area (Å²) in [6.07, 6.45) is 7.30. The molecule has 1 aromatic heterocycles. The molecular formula is C16H21N3. The van der Waals surface area contributed by atoms with Crippen molar-refractivity contribution in [1.29, 1.82) is 0 Å². The van der Waals surface area contributed by atoms with Gasteiger partial charge in [-0.05, 0) is 38.0 Å². The largest absolute Gasteiger partial charge is 0.306 e. The fraction of sp³-hybridized carbons (Fsp3) is 0.438. The Morgan fingerprint density at radius 2 is 1.89 bits per heavy atom. The van der Waals surface area contributed by atoms with E-state index in [0.29, 0.717) is 5.54 Å². The first-order valence-corrected chi connectivity index (χ1v) is 7.10. The van der Waals surface area contributed by atoms with E-state index in [-0.39, 0.29) is 0 Å². The lowest BCUT2D eigenvalue weighted by atomic mass is 10.0. The summed E-state index contributed by atoms with van der Waals surface area (Å²) in [7, 11) is 0. The van der Waals surface area contributed by atoms with Gasteiger partial charge in [0.15, 0.2) is 0 Å². The van der Waals surface area contributed by atoms with Crippen LogP contribution in [0, 0.1) is 0 Å². The van der Waals surface area contributed by atoms with Gasteiger partial charge in [-0.2, -0.15) is 5.10 Å². The average molecular weight is 255 g/mol. The number of benzene rings is 1. The van der Waals surface area contributed by atoms with Crippen LogP contribution in [0.15, 0.2) is 42.6 Å². The van der Waals surface area contributed by atoms with E-state index in [2.05, 4.69) is 35.5 Å². The molecule has 0 aliphatic heterocycles. The van der Waals surface area contributed by atoms with Gasteiger partial charge in [-0.1, -0.05) is 31.0 Å². The van der Waals surface area contributed by atoms with Crippen LogP contribution in [0.25, 0.3) is 5.69 Å². The molecule has 1 aliphatic rings. The van der Waals surface area contributed by atoms with Crippen LogP contribution < -0.4 is 5.32 Å². The zero-order valence-corrected chi connectivity index (χ0v) is 11.5. The molecule has 3 rings (SSSR count). The zero-order chi connectivity index (χ0) is 13.1. The van der Waals surface area contributed by atoms with Crippen LogP contribution in [0.4, 0.5) is 0 Å². The molecule has 1 aromatic carbocycles. The first kappa shape index (κ1) is 12.4. The highest BCUT2D eigenvalue weighted by Crippen LogP contribution is 2.29. The lowest BCUT2D eigenvalue weighted by molar-refractivity contribution is 0.360. The smallest absolute Gasteiger partial charge is 0.0767 e. The monoisotopic (exact) mass is 255 g/mol. The molecule has 1 aliphatic carbocycles. The van der Waals surface area contributed by atoms with E-state index in [1.165, 1.54) is 25.7 Å². The van der Waals surface area contributed by atoms with Gasteiger partial charge in [0.05, 0.1) is 11.4 Å². The standard InChI is InChI=1S/C16H21N3/c1-16(10-5-6-11-16)17-13-14-9-12-19(18-14)15-7-3-2-4-8-15/h2-4,7-9,12,17H,5-6,10-11,13H2,1H3. The van der Waals surface area contributed by atoms with E-state index in [0.717, 1.165) is 17.9 Å². The predicted molar refractivity (Wildman–Crippen MR) is 77.3 cm³/mol. The quantitative estimate of drug-likeness (QED) is 0.908. The summed E-state index contributed by atoms with van der Waals surface area (Å²) in [6.45, 7) is 3.19. The maximum Gasteiger partial charge on any atom is 0.0767 e. The molecule has 0 radical (unpaired) electrons. The van der Waals surface area contributed by atoms with Gasteiger partial charge < -0.3 is 5.32 Å². The van der Waals surface area contributed by atoms with Crippen molar-refractivity contribution in [2.75, 3.05) is 0 Å². The van der Waals surface area contributed by atoms with Crippen LogP contribution in [-0.4, -0.2) is 15.3 Å². The first-order chi connectivity index (χ1) is 9.25. The molecular weight excluding hydrogens is 234 g/mol. The van der Waals surface area contributed by atoms with Gasteiger partial charge in [-0.25, -0.2) is 4.68 Å². The van der Waals surface area contributed by atoms with Gasteiger partial charge in [-0.3, -0.25) is 0 Å². The molecule has 2 aromatic rings. The molecule has 1 heterocycles. The number of para-hydroxylation sites is 1. The second-order valence-electron chi connectivity index (χ2n) is 5.71. The van der Waals surface area contributed by atoms with Crippen LogP contribution in [0.2, 0.25) is 0 Å². The summed E-state index contributed by atoms with van der Waals surface area (Å²) in [5.74, 6) is 0. The first-order valence-electron chi connectivity index (χ1n) is 7.10. The maximum absolute atomic E-state index is 4.63. The van der Waals surface area contributed by atoms with Crippen molar-refractivity contribution in [3.63, 3.8) is 0 Å². The van der Waals surface area contributed by atoms with Gasteiger partial charge in [0.25, 0.3) is 0 Å². The Morgan fingerprint density at radius 1 is 1.16 bits per heavy atom. The van der Waals surface area contributed by atoms with E-state index < -0.39 is 0 Å². The van der Waals surface area contributed by atoms with Gasteiger partial charge in [0.2, 0.25) is 0 Å². The Bertz CT molecular complexity index is 524. The van der Waals surface area contributed by atoms with Crippen molar-refractivity contribution in [1.82, 2.24) is 15.1 Å².